The van der Waals surface area contributed by atoms with Crippen molar-refractivity contribution >= 4 is 23.4 Å². The van der Waals surface area contributed by atoms with E-state index >= 15 is 0 Å². The summed E-state index contributed by atoms with van der Waals surface area (Å²) >= 11 is 5.93. The van der Waals surface area contributed by atoms with Crippen molar-refractivity contribution in [1.82, 2.24) is 9.97 Å². The number of nitrogens with one attached hydrogen (secondary N) is 1. The first-order valence-electron chi connectivity index (χ1n) is 5.37. The SMILES string of the molecule is CC(Nc1nc(N)ncc1Cl)c1ccccc1F. The van der Waals surface area contributed by atoms with Crippen LogP contribution >= 0.6 is 11.6 Å². The predicted molar refractivity (Wildman–Crippen MR) is 69.9 cm³/mol. The lowest BCUT2D eigenvalue weighted by Gasteiger charge is -2.16. The minimum atomic E-state index is -0.282. The zero-order chi connectivity index (χ0) is 13.1. The van der Waals surface area contributed by atoms with E-state index in [1.54, 1.807) is 18.2 Å². The van der Waals surface area contributed by atoms with Crippen molar-refractivity contribution in [2.45, 2.75) is 13.0 Å². The molecule has 1 aromatic heterocycles. The van der Waals surface area contributed by atoms with Crippen molar-refractivity contribution < 1.29 is 4.39 Å². The number of nitrogens with zero attached hydrogens (tertiary/aromatic N) is 2. The van der Waals surface area contributed by atoms with Gasteiger partial charge in [-0.3, -0.25) is 0 Å². The maximum atomic E-state index is 13.6. The van der Waals surface area contributed by atoms with Crippen LogP contribution in [0, 0.1) is 5.82 Å². The van der Waals surface area contributed by atoms with E-state index in [9.17, 15) is 4.39 Å². The summed E-state index contributed by atoms with van der Waals surface area (Å²) in [5, 5.41) is 3.35. The van der Waals surface area contributed by atoms with Crippen LogP contribution in [0.3, 0.4) is 0 Å². The van der Waals surface area contributed by atoms with Gasteiger partial charge in [0.05, 0.1) is 12.2 Å². The number of anilines is 2. The molecule has 0 fully saturated rings. The van der Waals surface area contributed by atoms with Crippen molar-refractivity contribution in [2.24, 2.45) is 0 Å². The van der Waals surface area contributed by atoms with E-state index in [-0.39, 0.29) is 17.8 Å². The van der Waals surface area contributed by atoms with Crippen LogP contribution in [0.4, 0.5) is 16.2 Å². The van der Waals surface area contributed by atoms with Gasteiger partial charge in [0.25, 0.3) is 0 Å². The predicted octanol–water partition coefficient (Wildman–Crippen LogP) is 3.02. The first-order valence-corrected chi connectivity index (χ1v) is 5.74. The summed E-state index contributed by atoms with van der Waals surface area (Å²) in [5.74, 6) is 0.221. The molecule has 3 N–H and O–H groups in total. The van der Waals surface area contributed by atoms with Gasteiger partial charge in [-0.15, -0.1) is 0 Å². The average molecular weight is 267 g/mol. The number of benzene rings is 1. The van der Waals surface area contributed by atoms with Gasteiger partial charge < -0.3 is 11.1 Å². The molecule has 2 aromatic rings. The van der Waals surface area contributed by atoms with E-state index < -0.39 is 0 Å². The standard InChI is InChI=1S/C12H12ClFN4/c1-7(8-4-2-3-5-10(8)14)17-11-9(13)6-16-12(15)18-11/h2-7H,1H3,(H3,15,16,17,18). The quantitative estimate of drug-likeness (QED) is 0.896. The molecular weight excluding hydrogens is 255 g/mol. The van der Waals surface area contributed by atoms with Crippen molar-refractivity contribution in [3.8, 4) is 0 Å². The summed E-state index contributed by atoms with van der Waals surface area (Å²) in [6.07, 6.45) is 1.40. The highest BCUT2D eigenvalue weighted by atomic mass is 35.5. The van der Waals surface area contributed by atoms with Crippen LogP contribution in [0.5, 0.6) is 0 Å². The maximum absolute atomic E-state index is 13.6. The first kappa shape index (κ1) is 12.6. The highest BCUT2D eigenvalue weighted by molar-refractivity contribution is 6.32. The number of aromatic nitrogens is 2. The zero-order valence-electron chi connectivity index (χ0n) is 9.69. The van der Waals surface area contributed by atoms with E-state index in [2.05, 4.69) is 15.3 Å². The third-order valence-corrected chi connectivity index (χ3v) is 2.76. The lowest BCUT2D eigenvalue weighted by Crippen LogP contribution is -2.11. The smallest absolute Gasteiger partial charge is 0.222 e. The first-order chi connectivity index (χ1) is 8.58. The molecule has 0 aliphatic rings. The molecule has 0 amide bonds. The lowest BCUT2D eigenvalue weighted by atomic mass is 10.1. The Morgan fingerprint density at radius 3 is 2.83 bits per heavy atom. The van der Waals surface area contributed by atoms with Crippen LogP contribution in [-0.2, 0) is 0 Å². The molecule has 0 saturated carbocycles. The molecule has 0 aliphatic heterocycles. The van der Waals surface area contributed by atoms with E-state index in [0.717, 1.165) is 0 Å². The van der Waals surface area contributed by atoms with Gasteiger partial charge >= 0.3 is 0 Å². The second-order valence-corrected chi connectivity index (χ2v) is 4.22. The Hall–Kier alpha value is -1.88. The minimum Gasteiger partial charge on any atom is -0.368 e. The Bertz CT molecular complexity index is 562. The molecule has 1 unspecified atom stereocenters. The van der Waals surface area contributed by atoms with Gasteiger partial charge in [0.15, 0.2) is 5.82 Å². The van der Waals surface area contributed by atoms with Gasteiger partial charge in [-0.1, -0.05) is 29.8 Å². The maximum Gasteiger partial charge on any atom is 0.222 e. The molecule has 94 valence electrons. The van der Waals surface area contributed by atoms with E-state index in [1.807, 2.05) is 6.92 Å². The number of nitrogens with two attached hydrogens (primary N) is 1. The zero-order valence-corrected chi connectivity index (χ0v) is 10.4. The molecule has 0 saturated heterocycles. The van der Waals surface area contributed by atoms with Crippen LogP contribution < -0.4 is 11.1 Å². The molecule has 0 radical (unpaired) electrons. The largest absolute Gasteiger partial charge is 0.368 e. The fourth-order valence-corrected chi connectivity index (χ4v) is 1.74. The van der Waals surface area contributed by atoms with Gasteiger partial charge in [-0.2, -0.15) is 4.98 Å². The molecule has 4 nitrogen and oxygen atoms in total. The summed E-state index contributed by atoms with van der Waals surface area (Å²) in [7, 11) is 0. The third-order valence-electron chi connectivity index (χ3n) is 2.49. The Balaban J connectivity index is 2.24. The number of nitrogen functional groups attached to an aromatic ring is 1. The molecule has 1 atom stereocenters. The van der Waals surface area contributed by atoms with Gasteiger partial charge in [0.1, 0.15) is 10.8 Å². The molecular formula is C12H12ClFN4. The molecule has 18 heavy (non-hydrogen) atoms. The van der Waals surface area contributed by atoms with Gasteiger partial charge in [0.2, 0.25) is 5.95 Å². The summed E-state index contributed by atoms with van der Waals surface area (Å²) < 4.78 is 13.6. The summed E-state index contributed by atoms with van der Waals surface area (Å²) in [5.41, 5.74) is 6.01. The molecule has 0 aliphatic carbocycles. The second kappa shape index (κ2) is 5.18. The Morgan fingerprint density at radius 1 is 1.39 bits per heavy atom. The molecule has 1 aromatic carbocycles. The lowest BCUT2D eigenvalue weighted by molar-refractivity contribution is 0.600. The average Bonchev–Trinajstić information content (AvgIpc) is 2.34. The van der Waals surface area contributed by atoms with E-state index in [4.69, 9.17) is 17.3 Å². The van der Waals surface area contributed by atoms with E-state index in [1.165, 1.54) is 12.3 Å². The van der Waals surface area contributed by atoms with Crippen LogP contribution in [0.2, 0.25) is 5.02 Å². The highest BCUT2D eigenvalue weighted by Gasteiger charge is 2.12. The third kappa shape index (κ3) is 2.68. The summed E-state index contributed by atoms with van der Waals surface area (Å²) in [4.78, 5) is 7.73. The number of hydrogen-bond donors (Lipinski definition) is 2. The van der Waals surface area contributed by atoms with Gasteiger partial charge in [-0.25, -0.2) is 9.37 Å². The minimum absolute atomic E-state index is 0.114. The Morgan fingerprint density at radius 2 is 2.11 bits per heavy atom. The van der Waals surface area contributed by atoms with E-state index in [0.29, 0.717) is 16.4 Å². The molecule has 1 heterocycles. The summed E-state index contributed by atoms with van der Waals surface area (Å²) in [6.45, 7) is 1.81. The molecule has 2 rings (SSSR count). The van der Waals surface area contributed by atoms with Crippen molar-refractivity contribution in [3.05, 3.63) is 46.9 Å². The number of rotatable bonds is 3. The second-order valence-electron chi connectivity index (χ2n) is 3.81. The topological polar surface area (TPSA) is 63.8 Å². The number of halogens is 2. The van der Waals surface area contributed by atoms with Crippen LogP contribution in [0.15, 0.2) is 30.5 Å². The summed E-state index contributed by atoms with van der Waals surface area (Å²) in [6, 6.07) is 6.24. The monoisotopic (exact) mass is 266 g/mol. The number of hydrogen-bond acceptors (Lipinski definition) is 4. The Labute approximate surface area is 109 Å². The van der Waals surface area contributed by atoms with Crippen molar-refractivity contribution in [1.29, 1.82) is 0 Å². The van der Waals surface area contributed by atoms with Crippen LogP contribution in [0.1, 0.15) is 18.5 Å². The van der Waals surface area contributed by atoms with Gasteiger partial charge in [0, 0.05) is 5.56 Å². The Kier molecular flexibility index (Phi) is 3.62. The molecule has 0 spiro atoms. The fraction of sp³-hybridized carbons (Fsp3) is 0.167. The van der Waals surface area contributed by atoms with Crippen LogP contribution in [-0.4, -0.2) is 9.97 Å². The van der Waals surface area contributed by atoms with Crippen molar-refractivity contribution in [3.63, 3.8) is 0 Å². The normalized spacial score (nSPS) is 12.2. The molecule has 6 heteroatoms. The van der Waals surface area contributed by atoms with Gasteiger partial charge in [-0.05, 0) is 13.0 Å². The molecule has 0 bridgehead atoms. The highest BCUT2D eigenvalue weighted by Crippen LogP contribution is 2.25. The van der Waals surface area contributed by atoms with Crippen molar-refractivity contribution in [2.75, 3.05) is 11.1 Å². The fourth-order valence-electron chi connectivity index (χ4n) is 1.59. The van der Waals surface area contributed by atoms with Crippen LogP contribution in [0.25, 0.3) is 0 Å².